The van der Waals surface area contributed by atoms with Gasteiger partial charge in [-0.3, -0.25) is 4.79 Å². The number of carbonyl (C=O) groups is 1. The van der Waals surface area contributed by atoms with E-state index in [9.17, 15) is 4.79 Å². The van der Waals surface area contributed by atoms with E-state index in [1.165, 1.54) is 0 Å². The van der Waals surface area contributed by atoms with E-state index in [4.69, 9.17) is 5.73 Å². The fraction of sp³-hybridized carbons (Fsp3) is 0.333. The molecule has 0 radical (unpaired) electrons. The maximum Gasteiger partial charge on any atom is 0.253 e. The van der Waals surface area contributed by atoms with Crippen molar-refractivity contribution < 1.29 is 4.79 Å². The molecule has 3 N–H and O–H groups in total. The van der Waals surface area contributed by atoms with E-state index >= 15 is 0 Å². The van der Waals surface area contributed by atoms with Gasteiger partial charge in [0.2, 0.25) is 0 Å². The quantitative estimate of drug-likeness (QED) is 0.334. The van der Waals surface area contributed by atoms with Gasteiger partial charge in [0.25, 0.3) is 5.91 Å². The van der Waals surface area contributed by atoms with Crippen molar-refractivity contribution in [3.63, 3.8) is 0 Å². The molecule has 4 nitrogen and oxygen atoms in total. The van der Waals surface area contributed by atoms with Crippen LogP contribution in [0.15, 0.2) is 5.10 Å². The third-order valence-corrected chi connectivity index (χ3v) is 0.389. The molecule has 0 aromatic heterocycles. The lowest BCUT2D eigenvalue weighted by molar-refractivity contribution is -0.119. The fourth-order valence-corrected chi connectivity index (χ4v) is 0.134. The first-order chi connectivity index (χ1) is 3.31. The SMILES string of the molecule is C=NNC(=O)CN. The molecule has 0 unspecified atom stereocenters. The summed E-state index contributed by atoms with van der Waals surface area (Å²) in [6.07, 6.45) is 0. The molecule has 4 heteroatoms. The second-order valence-electron chi connectivity index (χ2n) is 0.897. The molecule has 0 aliphatic carbocycles. The van der Waals surface area contributed by atoms with Crippen LogP contribution < -0.4 is 11.2 Å². The first-order valence-corrected chi connectivity index (χ1v) is 1.76. The molecule has 0 fully saturated rings. The van der Waals surface area contributed by atoms with Gasteiger partial charge in [-0.2, -0.15) is 5.10 Å². The highest BCUT2D eigenvalue weighted by Crippen LogP contribution is 1.53. The summed E-state index contributed by atoms with van der Waals surface area (Å²) in [5, 5.41) is 3.08. The Labute approximate surface area is 41.4 Å². The molecule has 0 aromatic rings. The molecule has 0 saturated heterocycles. The van der Waals surface area contributed by atoms with Crippen molar-refractivity contribution in [2.75, 3.05) is 6.54 Å². The Balaban J connectivity index is 3.17. The molecule has 0 rings (SSSR count). The van der Waals surface area contributed by atoms with Crippen molar-refractivity contribution in [2.24, 2.45) is 10.8 Å². The third-order valence-electron chi connectivity index (χ3n) is 0.389. The summed E-state index contributed by atoms with van der Waals surface area (Å²) >= 11 is 0. The Bertz CT molecular complexity index is 80.2. The van der Waals surface area contributed by atoms with E-state index in [-0.39, 0.29) is 12.5 Å². The van der Waals surface area contributed by atoms with Crippen LogP contribution in [0.5, 0.6) is 0 Å². The molecule has 0 aliphatic heterocycles. The van der Waals surface area contributed by atoms with E-state index < -0.39 is 0 Å². The van der Waals surface area contributed by atoms with Crippen LogP contribution in [0, 0.1) is 0 Å². The van der Waals surface area contributed by atoms with Crippen molar-refractivity contribution in [3.8, 4) is 0 Å². The molecule has 0 aromatic carbocycles. The highest BCUT2D eigenvalue weighted by atomic mass is 16.2. The van der Waals surface area contributed by atoms with Gasteiger partial charge in [0, 0.05) is 6.72 Å². The predicted molar refractivity (Wildman–Crippen MR) is 26.7 cm³/mol. The minimum absolute atomic E-state index is 0.0426. The number of hydrogen-bond donors (Lipinski definition) is 2. The van der Waals surface area contributed by atoms with Crippen LogP contribution in [-0.2, 0) is 4.79 Å². The van der Waals surface area contributed by atoms with Gasteiger partial charge in [-0.05, 0) is 0 Å². The van der Waals surface area contributed by atoms with Crippen molar-refractivity contribution in [3.05, 3.63) is 0 Å². The molecule has 1 amide bonds. The smallest absolute Gasteiger partial charge is 0.253 e. The van der Waals surface area contributed by atoms with E-state index in [2.05, 4.69) is 11.8 Å². The van der Waals surface area contributed by atoms with Gasteiger partial charge in [-0.15, -0.1) is 0 Å². The van der Waals surface area contributed by atoms with Gasteiger partial charge in [-0.25, -0.2) is 5.43 Å². The number of nitrogens with zero attached hydrogens (tertiary/aromatic N) is 1. The number of rotatable bonds is 2. The number of hydrazone groups is 1. The third kappa shape index (κ3) is 2.92. The van der Waals surface area contributed by atoms with Crippen LogP contribution in [0.3, 0.4) is 0 Å². The molecule has 0 heterocycles. The molecule has 7 heavy (non-hydrogen) atoms. The van der Waals surface area contributed by atoms with Crippen molar-refractivity contribution in [1.82, 2.24) is 5.43 Å². The van der Waals surface area contributed by atoms with Gasteiger partial charge >= 0.3 is 0 Å². The molecule has 0 saturated carbocycles. The first-order valence-electron chi connectivity index (χ1n) is 1.76. The predicted octanol–water partition coefficient (Wildman–Crippen LogP) is -1.32. The lowest BCUT2D eigenvalue weighted by Gasteiger charge is -1.88. The van der Waals surface area contributed by atoms with Crippen LogP contribution in [0.2, 0.25) is 0 Å². The summed E-state index contributed by atoms with van der Waals surface area (Å²) < 4.78 is 0. The molecular weight excluding hydrogens is 94.1 g/mol. The zero-order valence-electron chi connectivity index (χ0n) is 3.85. The average Bonchev–Trinajstić information content (AvgIpc) is 1.68. The summed E-state index contributed by atoms with van der Waals surface area (Å²) in [5.41, 5.74) is 6.90. The minimum atomic E-state index is -0.324. The van der Waals surface area contributed by atoms with E-state index in [0.29, 0.717) is 0 Å². The van der Waals surface area contributed by atoms with Crippen LogP contribution in [0.1, 0.15) is 0 Å². The van der Waals surface area contributed by atoms with Crippen LogP contribution in [-0.4, -0.2) is 19.2 Å². The summed E-state index contributed by atoms with van der Waals surface area (Å²) in [6.45, 7) is 2.97. The molecular formula is C3H7N3O. The van der Waals surface area contributed by atoms with Crippen LogP contribution in [0.4, 0.5) is 0 Å². The van der Waals surface area contributed by atoms with E-state index in [0.717, 1.165) is 0 Å². The van der Waals surface area contributed by atoms with E-state index in [1.54, 1.807) is 0 Å². The second kappa shape index (κ2) is 3.30. The fourth-order valence-electron chi connectivity index (χ4n) is 0.134. The van der Waals surface area contributed by atoms with Crippen LogP contribution >= 0.6 is 0 Å². The van der Waals surface area contributed by atoms with Crippen molar-refractivity contribution in [1.29, 1.82) is 0 Å². The Hall–Kier alpha value is -0.900. The normalized spacial score (nSPS) is 7.57. The highest BCUT2D eigenvalue weighted by molar-refractivity contribution is 5.77. The van der Waals surface area contributed by atoms with Crippen molar-refractivity contribution >= 4 is 12.6 Å². The Kier molecular flexibility index (Phi) is 2.87. The van der Waals surface area contributed by atoms with E-state index in [1.807, 2.05) is 5.43 Å². The standard InChI is InChI=1S/C3H7N3O/c1-5-6-3(7)2-4/h1-2,4H2,(H,6,7). The number of hydrogen-bond acceptors (Lipinski definition) is 3. The summed E-state index contributed by atoms with van der Waals surface area (Å²) in [7, 11) is 0. The molecule has 0 aliphatic rings. The lowest BCUT2D eigenvalue weighted by atomic mass is 10.6. The number of nitrogens with two attached hydrogens (primary N) is 1. The average molecular weight is 101 g/mol. The van der Waals surface area contributed by atoms with Gasteiger partial charge < -0.3 is 5.73 Å². The Morgan fingerprint density at radius 3 is 2.71 bits per heavy atom. The number of carbonyl (C=O) groups excluding carboxylic acids is 1. The maximum atomic E-state index is 10.0. The number of amides is 1. The first kappa shape index (κ1) is 6.10. The van der Waals surface area contributed by atoms with Gasteiger partial charge in [-0.1, -0.05) is 0 Å². The maximum absolute atomic E-state index is 10.0. The summed E-state index contributed by atoms with van der Waals surface area (Å²) in [5.74, 6) is -0.324. The largest absolute Gasteiger partial charge is 0.322 e. The summed E-state index contributed by atoms with van der Waals surface area (Å²) in [4.78, 5) is 10.0. The lowest BCUT2D eigenvalue weighted by Crippen LogP contribution is -2.25. The molecule has 0 spiro atoms. The molecule has 0 atom stereocenters. The number of nitrogens with one attached hydrogen (secondary N) is 1. The summed E-state index contributed by atoms with van der Waals surface area (Å²) in [6, 6.07) is 0. The highest BCUT2D eigenvalue weighted by Gasteiger charge is 1.87. The van der Waals surface area contributed by atoms with Gasteiger partial charge in [0.05, 0.1) is 6.54 Å². The minimum Gasteiger partial charge on any atom is -0.322 e. The second-order valence-corrected chi connectivity index (χ2v) is 0.897. The van der Waals surface area contributed by atoms with Crippen LogP contribution in [0.25, 0.3) is 0 Å². The zero-order chi connectivity index (χ0) is 5.70. The topological polar surface area (TPSA) is 67.5 Å². The van der Waals surface area contributed by atoms with Crippen molar-refractivity contribution in [2.45, 2.75) is 0 Å². The van der Waals surface area contributed by atoms with Gasteiger partial charge in [0.1, 0.15) is 0 Å². The zero-order valence-corrected chi connectivity index (χ0v) is 3.85. The Morgan fingerprint density at radius 2 is 2.57 bits per heavy atom. The molecule has 40 valence electrons. The Morgan fingerprint density at radius 1 is 2.00 bits per heavy atom. The van der Waals surface area contributed by atoms with Gasteiger partial charge in [0.15, 0.2) is 0 Å². The molecule has 0 bridgehead atoms. The monoisotopic (exact) mass is 101 g/mol.